The number of β-lactam (4-membered cyclic amide) rings is 1. The van der Waals surface area contributed by atoms with Crippen molar-refractivity contribution in [3.63, 3.8) is 0 Å². The standard InChI is InChI=1S/C20H20N6O5S3/c1-10-25(6-7-32-10)5-3-4-11-8-33-18-14(17(28)26(18)15(11)19(29)30)23-16(27)13(24-31-2)12-9-34-20(21)22-12/h3-4,6-7,9,14,18H,5,8H2,1-2H3,(H3-,21,22,23,27,29,30)/b4-3?,24-13-/t14?,18-/m1/s1. The van der Waals surface area contributed by atoms with Gasteiger partial charge in [0.25, 0.3) is 11.8 Å². The van der Waals surface area contributed by atoms with Gasteiger partial charge in [-0.05, 0) is 11.6 Å². The molecule has 2 aromatic heterocycles. The number of amides is 2. The van der Waals surface area contributed by atoms with Gasteiger partial charge in [0.05, 0.1) is 17.0 Å². The van der Waals surface area contributed by atoms with E-state index in [0.717, 1.165) is 21.2 Å². The number of thioether (sulfide) groups is 1. The lowest BCUT2D eigenvalue weighted by Gasteiger charge is -2.50. The van der Waals surface area contributed by atoms with Crippen LogP contribution in [0.4, 0.5) is 5.13 Å². The topological polar surface area (TPSA) is 154 Å². The number of allylic oxidation sites excluding steroid dienone is 2. The molecule has 2 aliphatic heterocycles. The van der Waals surface area contributed by atoms with Gasteiger partial charge in [0.2, 0.25) is 5.01 Å². The molecule has 0 aromatic carbocycles. The Kier molecular flexibility index (Phi) is 7.00. The van der Waals surface area contributed by atoms with E-state index in [-0.39, 0.29) is 22.2 Å². The van der Waals surface area contributed by atoms with E-state index in [1.807, 2.05) is 29.1 Å². The fourth-order valence-electron chi connectivity index (χ4n) is 3.53. The molecule has 2 aliphatic rings. The summed E-state index contributed by atoms with van der Waals surface area (Å²) in [6.07, 6.45) is 5.49. The van der Waals surface area contributed by atoms with Gasteiger partial charge in [-0.15, -0.1) is 23.1 Å². The number of fused-ring (bicyclic) bond motifs is 1. The number of hydrogen-bond donors (Lipinski definition) is 2. The minimum atomic E-state index is -1.44. The van der Waals surface area contributed by atoms with Gasteiger partial charge in [-0.2, -0.15) is 4.57 Å². The predicted molar refractivity (Wildman–Crippen MR) is 126 cm³/mol. The molecule has 2 amide bonds. The van der Waals surface area contributed by atoms with Crippen LogP contribution in [0.3, 0.4) is 0 Å². The third-order valence-corrected chi connectivity index (χ3v) is 7.95. The summed E-state index contributed by atoms with van der Waals surface area (Å²) in [5, 5.41) is 22.5. The zero-order valence-electron chi connectivity index (χ0n) is 18.1. The zero-order valence-corrected chi connectivity index (χ0v) is 20.5. The van der Waals surface area contributed by atoms with Crippen molar-refractivity contribution in [3.8, 4) is 0 Å². The molecule has 0 saturated carbocycles. The number of oxime groups is 1. The molecule has 1 fully saturated rings. The lowest BCUT2D eigenvalue weighted by atomic mass is 10.0. The van der Waals surface area contributed by atoms with Crippen molar-refractivity contribution >= 4 is 63.1 Å². The predicted octanol–water partition coefficient (Wildman–Crippen LogP) is -0.606. The average molecular weight is 521 g/mol. The summed E-state index contributed by atoms with van der Waals surface area (Å²) in [6, 6.07) is -0.931. The number of aryl methyl sites for hydroxylation is 1. The van der Waals surface area contributed by atoms with E-state index in [9.17, 15) is 19.5 Å². The average Bonchev–Trinajstić information content (AvgIpc) is 3.42. The number of rotatable bonds is 8. The maximum absolute atomic E-state index is 12.9. The van der Waals surface area contributed by atoms with Crippen molar-refractivity contribution in [2.75, 3.05) is 18.6 Å². The van der Waals surface area contributed by atoms with Crippen LogP contribution in [0.2, 0.25) is 0 Å². The van der Waals surface area contributed by atoms with Crippen LogP contribution in [0.1, 0.15) is 10.7 Å². The number of carboxylic acid groups (broad SMARTS) is 1. The van der Waals surface area contributed by atoms with Gasteiger partial charge in [-0.25, -0.2) is 4.98 Å². The van der Waals surface area contributed by atoms with E-state index in [1.54, 1.807) is 22.8 Å². The molecule has 34 heavy (non-hydrogen) atoms. The van der Waals surface area contributed by atoms with Crippen molar-refractivity contribution < 1.29 is 28.9 Å². The fraction of sp³-hybridized carbons (Fsp3) is 0.300. The summed E-state index contributed by atoms with van der Waals surface area (Å²) in [6.45, 7) is 2.56. The molecule has 0 spiro atoms. The molecule has 2 aromatic rings. The Morgan fingerprint density at radius 1 is 1.47 bits per heavy atom. The number of hydrogen-bond acceptors (Lipinski definition) is 11. The Balaban J connectivity index is 1.49. The molecule has 0 radical (unpaired) electrons. The van der Waals surface area contributed by atoms with Crippen LogP contribution >= 0.6 is 34.4 Å². The van der Waals surface area contributed by atoms with Gasteiger partial charge >= 0.3 is 0 Å². The lowest BCUT2D eigenvalue weighted by molar-refractivity contribution is -0.687. The molecule has 178 valence electrons. The quantitative estimate of drug-likeness (QED) is 0.202. The Morgan fingerprint density at radius 3 is 2.88 bits per heavy atom. The molecular weight excluding hydrogens is 500 g/mol. The van der Waals surface area contributed by atoms with Crippen molar-refractivity contribution in [1.29, 1.82) is 0 Å². The zero-order chi connectivity index (χ0) is 24.4. The lowest BCUT2D eigenvalue weighted by Crippen LogP contribution is -2.71. The van der Waals surface area contributed by atoms with Crippen LogP contribution in [0.25, 0.3) is 0 Å². The van der Waals surface area contributed by atoms with E-state index in [2.05, 4.69) is 15.5 Å². The molecule has 0 bridgehead atoms. The van der Waals surface area contributed by atoms with Crippen molar-refractivity contribution in [1.82, 2.24) is 15.2 Å². The molecule has 2 atom stereocenters. The number of carbonyl (C=O) groups excluding carboxylic acids is 3. The Bertz CT molecular complexity index is 1230. The van der Waals surface area contributed by atoms with Crippen LogP contribution in [0.15, 0.2) is 45.5 Å². The van der Waals surface area contributed by atoms with Crippen LogP contribution in [-0.2, 0) is 25.8 Å². The van der Waals surface area contributed by atoms with E-state index >= 15 is 0 Å². The summed E-state index contributed by atoms with van der Waals surface area (Å²) >= 11 is 4.09. The third-order valence-electron chi connectivity index (χ3n) is 5.14. The number of carbonyl (C=O) groups is 3. The van der Waals surface area contributed by atoms with E-state index in [4.69, 9.17) is 10.6 Å². The molecule has 4 rings (SSSR count). The fourth-order valence-corrected chi connectivity index (χ4v) is 6.08. The summed E-state index contributed by atoms with van der Waals surface area (Å²) < 4.78 is 2.02. The monoisotopic (exact) mass is 520 g/mol. The number of aliphatic carboxylic acids is 1. The SMILES string of the molecule is CO/N=C(\C(=O)NC1C(=O)N2C(C(=O)[O-])=C(C=CC[n+]3ccsc3C)CS[C@H]12)c1csc(N)n1. The van der Waals surface area contributed by atoms with E-state index in [1.165, 1.54) is 18.9 Å². The molecular formula is C20H20N6O5S3. The largest absolute Gasteiger partial charge is 0.543 e. The maximum Gasteiger partial charge on any atom is 0.276 e. The summed E-state index contributed by atoms with van der Waals surface area (Å²) in [7, 11) is 1.28. The first-order valence-electron chi connectivity index (χ1n) is 9.94. The molecule has 14 heteroatoms. The molecule has 0 aliphatic carbocycles. The molecule has 3 N–H and O–H groups in total. The second kappa shape index (κ2) is 9.95. The van der Waals surface area contributed by atoms with Gasteiger partial charge < -0.3 is 25.8 Å². The van der Waals surface area contributed by atoms with Crippen molar-refractivity contribution in [3.05, 3.63) is 51.1 Å². The highest BCUT2D eigenvalue weighted by molar-refractivity contribution is 8.00. The van der Waals surface area contributed by atoms with Crippen LogP contribution in [0, 0.1) is 6.92 Å². The molecule has 1 unspecified atom stereocenters. The number of nitrogens with one attached hydrogen (secondary N) is 1. The summed E-state index contributed by atoms with van der Waals surface area (Å²) in [5.41, 5.74) is 6.00. The van der Waals surface area contributed by atoms with Crippen LogP contribution in [-0.4, -0.2) is 57.7 Å². The number of anilines is 1. The number of aromatic nitrogens is 2. The maximum atomic E-state index is 12.9. The molecule has 11 nitrogen and oxygen atoms in total. The van der Waals surface area contributed by atoms with Crippen molar-refractivity contribution in [2.24, 2.45) is 5.16 Å². The van der Waals surface area contributed by atoms with Crippen molar-refractivity contribution in [2.45, 2.75) is 24.9 Å². The third kappa shape index (κ3) is 4.56. The first-order valence-corrected chi connectivity index (χ1v) is 12.7. The Hall–Kier alpha value is -3.23. The van der Waals surface area contributed by atoms with Crippen LogP contribution in [0.5, 0.6) is 0 Å². The van der Waals surface area contributed by atoms with Crippen LogP contribution < -0.4 is 20.7 Å². The Morgan fingerprint density at radius 2 is 2.26 bits per heavy atom. The van der Waals surface area contributed by atoms with Gasteiger partial charge in [-0.1, -0.05) is 22.6 Å². The first kappa shape index (κ1) is 23.9. The van der Waals surface area contributed by atoms with E-state index < -0.39 is 29.2 Å². The smallest absolute Gasteiger partial charge is 0.276 e. The molecule has 1 saturated heterocycles. The Labute approximate surface area is 206 Å². The molecule has 4 heterocycles. The van der Waals surface area contributed by atoms with E-state index in [0.29, 0.717) is 17.9 Å². The first-order chi connectivity index (χ1) is 16.3. The minimum absolute atomic E-state index is 0.136. The summed E-state index contributed by atoms with van der Waals surface area (Å²) in [4.78, 5) is 47.5. The minimum Gasteiger partial charge on any atom is -0.543 e. The van der Waals surface area contributed by atoms with Gasteiger partial charge in [0, 0.05) is 18.1 Å². The number of nitrogens with zero attached hydrogens (tertiary/aromatic N) is 4. The highest BCUT2D eigenvalue weighted by atomic mass is 32.2. The normalized spacial score (nSPS) is 20.4. The van der Waals surface area contributed by atoms with Gasteiger partial charge in [-0.3, -0.25) is 14.5 Å². The number of thiazole rings is 2. The highest BCUT2D eigenvalue weighted by Gasteiger charge is 2.53. The number of carboxylic acids is 1. The van der Waals surface area contributed by atoms with Gasteiger partial charge in [0.15, 0.2) is 23.6 Å². The summed E-state index contributed by atoms with van der Waals surface area (Å²) in [5.74, 6) is -2.33. The number of nitrogens with two attached hydrogens (primary N) is 1. The number of nitrogen functional groups attached to an aromatic ring is 1. The highest BCUT2D eigenvalue weighted by Crippen LogP contribution is 2.40. The second-order valence-electron chi connectivity index (χ2n) is 7.19. The van der Waals surface area contributed by atoms with Gasteiger partial charge in [0.1, 0.15) is 24.2 Å². The second-order valence-corrected chi connectivity index (χ2v) is 10.3.